The maximum Gasteiger partial charge on any atom is 0.389 e. The van der Waals surface area contributed by atoms with Gasteiger partial charge in [-0.3, -0.25) is 0 Å². The van der Waals surface area contributed by atoms with Crippen molar-refractivity contribution in [3.05, 3.63) is 0 Å². The van der Waals surface area contributed by atoms with E-state index in [1.54, 1.807) is 6.92 Å². The lowest BCUT2D eigenvalue weighted by atomic mass is 10.1. The van der Waals surface area contributed by atoms with Gasteiger partial charge in [0.2, 0.25) is 0 Å². The monoisotopic (exact) mass is 257 g/mol. The summed E-state index contributed by atoms with van der Waals surface area (Å²) in [6, 6.07) is 0. The van der Waals surface area contributed by atoms with E-state index >= 15 is 0 Å². The molecule has 0 aliphatic carbocycles. The summed E-state index contributed by atoms with van der Waals surface area (Å²) in [5.74, 6) is -0.629. The van der Waals surface area contributed by atoms with Crippen LogP contribution in [0.15, 0.2) is 0 Å². The van der Waals surface area contributed by atoms with E-state index in [2.05, 4.69) is 0 Å². The van der Waals surface area contributed by atoms with E-state index in [0.29, 0.717) is 0 Å². The van der Waals surface area contributed by atoms with Crippen LogP contribution < -0.4 is 5.73 Å². The van der Waals surface area contributed by atoms with Crippen LogP contribution in [0, 0.1) is 0 Å². The molecule has 1 atom stereocenters. The van der Waals surface area contributed by atoms with E-state index in [9.17, 15) is 18.0 Å². The summed E-state index contributed by atoms with van der Waals surface area (Å²) in [5, 5.41) is 0. The Bertz CT molecular complexity index is 241. The van der Waals surface area contributed by atoms with Crippen LogP contribution >= 0.6 is 0 Å². The van der Waals surface area contributed by atoms with Crippen LogP contribution in [-0.2, 0) is 14.3 Å². The van der Waals surface area contributed by atoms with Crippen molar-refractivity contribution in [2.75, 3.05) is 19.8 Å². The normalized spacial score (nSPS) is 15.4. The number of hydrogen-bond donors (Lipinski definition) is 1. The predicted molar refractivity (Wildman–Crippen MR) is 55.3 cm³/mol. The van der Waals surface area contributed by atoms with E-state index < -0.39 is 24.1 Å². The van der Waals surface area contributed by atoms with Crippen LogP contribution in [0.4, 0.5) is 13.2 Å². The van der Waals surface area contributed by atoms with Gasteiger partial charge in [0.25, 0.3) is 0 Å². The number of alkyl halides is 3. The smallest absolute Gasteiger partial charge is 0.389 e. The minimum absolute atomic E-state index is 0.0916. The van der Waals surface area contributed by atoms with Crippen molar-refractivity contribution in [2.45, 2.75) is 38.4 Å². The average molecular weight is 257 g/mol. The van der Waals surface area contributed by atoms with Crippen LogP contribution in [0.2, 0.25) is 0 Å². The van der Waals surface area contributed by atoms with Gasteiger partial charge in [0, 0.05) is 13.0 Å². The first-order valence-electron chi connectivity index (χ1n) is 5.29. The first-order chi connectivity index (χ1) is 7.69. The molecule has 0 bridgehead atoms. The molecule has 0 aromatic heterocycles. The molecule has 0 aromatic rings. The SMILES string of the molecule is CCOC(=O)C(C)(N)COCCCC(F)(F)F. The standard InChI is InChI=1S/C10H18F3NO3/c1-3-17-8(15)9(2,14)7-16-6-4-5-10(11,12)13/h3-7,14H2,1-2H3. The lowest BCUT2D eigenvalue weighted by molar-refractivity contribution is -0.152. The Labute approximate surface area is 98.2 Å². The summed E-state index contributed by atoms with van der Waals surface area (Å²) in [6.45, 7) is 2.99. The zero-order valence-electron chi connectivity index (χ0n) is 9.97. The van der Waals surface area contributed by atoms with Crippen LogP contribution in [0.25, 0.3) is 0 Å². The molecular weight excluding hydrogens is 239 g/mol. The summed E-state index contributed by atoms with van der Waals surface area (Å²) >= 11 is 0. The van der Waals surface area contributed by atoms with Gasteiger partial charge in [-0.1, -0.05) is 0 Å². The highest BCUT2D eigenvalue weighted by Crippen LogP contribution is 2.21. The number of halogens is 3. The molecule has 0 amide bonds. The first kappa shape index (κ1) is 16.2. The summed E-state index contributed by atoms with van der Waals surface area (Å²) in [5.41, 5.74) is 4.27. The summed E-state index contributed by atoms with van der Waals surface area (Å²) in [7, 11) is 0. The minimum Gasteiger partial charge on any atom is -0.465 e. The molecule has 2 N–H and O–H groups in total. The minimum atomic E-state index is -4.18. The molecule has 7 heteroatoms. The van der Waals surface area contributed by atoms with Crippen LogP contribution in [0.5, 0.6) is 0 Å². The molecule has 102 valence electrons. The quantitative estimate of drug-likeness (QED) is 0.556. The second-order valence-corrected chi connectivity index (χ2v) is 3.91. The maximum atomic E-state index is 11.8. The second kappa shape index (κ2) is 6.80. The molecule has 17 heavy (non-hydrogen) atoms. The number of esters is 1. The van der Waals surface area contributed by atoms with E-state index in [-0.39, 0.29) is 26.2 Å². The molecule has 0 aliphatic rings. The summed E-state index contributed by atoms with van der Waals surface area (Å²) in [4.78, 5) is 11.3. The zero-order valence-corrected chi connectivity index (χ0v) is 9.97. The molecular formula is C10H18F3NO3. The zero-order chi connectivity index (χ0) is 13.5. The second-order valence-electron chi connectivity index (χ2n) is 3.91. The Kier molecular flexibility index (Phi) is 6.48. The van der Waals surface area contributed by atoms with Gasteiger partial charge in [-0.05, 0) is 20.3 Å². The summed E-state index contributed by atoms with van der Waals surface area (Å²) in [6.07, 6.45) is -5.24. The predicted octanol–water partition coefficient (Wildman–Crippen LogP) is 1.63. The van der Waals surface area contributed by atoms with Gasteiger partial charge in [-0.2, -0.15) is 13.2 Å². The fourth-order valence-corrected chi connectivity index (χ4v) is 1.01. The molecule has 0 spiro atoms. The fraction of sp³-hybridized carbons (Fsp3) is 0.900. The molecule has 0 heterocycles. The average Bonchev–Trinajstić information content (AvgIpc) is 2.15. The number of ether oxygens (including phenoxy) is 2. The molecule has 1 unspecified atom stereocenters. The lowest BCUT2D eigenvalue weighted by Crippen LogP contribution is -2.50. The molecule has 0 rings (SSSR count). The molecule has 0 aromatic carbocycles. The molecule has 0 saturated heterocycles. The van der Waals surface area contributed by atoms with Crippen molar-refractivity contribution in [3.63, 3.8) is 0 Å². The Morgan fingerprint density at radius 2 is 1.94 bits per heavy atom. The van der Waals surface area contributed by atoms with Gasteiger partial charge in [-0.25, -0.2) is 4.79 Å². The van der Waals surface area contributed by atoms with Gasteiger partial charge in [0.05, 0.1) is 13.2 Å². The van der Waals surface area contributed by atoms with Gasteiger partial charge >= 0.3 is 12.1 Å². The Morgan fingerprint density at radius 1 is 1.35 bits per heavy atom. The first-order valence-corrected chi connectivity index (χ1v) is 5.29. The number of carbonyl (C=O) groups excluding carboxylic acids is 1. The maximum absolute atomic E-state index is 11.8. The Hall–Kier alpha value is -0.820. The van der Waals surface area contributed by atoms with Crippen molar-refractivity contribution in [1.82, 2.24) is 0 Å². The fourth-order valence-electron chi connectivity index (χ4n) is 1.01. The van der Waals surface area contributed by atoms with Crippen LogP contribution in [0.1, 0.15) is 26.7 Å². The number of nitrogens with two attached hydrogens (primary N) is 1. The topological polar surface area (TPSA) is 61.5 Å². The lowest BCUT2D eigenvalue weighted by Gasteiger charge is -2.21. The van der Waals surface area contributed by atoms with Gasteiger partial charge in [-0.15, -0.1) is 0 Å². The summed E-state index contributed by atoms with van der Waals surface area (Å²) < 4.78 is 45.0. The Balaban J connectivity index is 3.76. The molecule has 0 radical (unpaired) electrons. The number of hydrogen-bond acceptors (Lipinski definition) is 4. The van der Waals surface area contributed by atoms with Crippen LogP contribution in [-0.4, -0.2) is 37.5 Å². The third kappa shape index (κ3) is 7.98. The highest BCUT2D eigenvalue weighted by Gasteiger charge is 2.30. The molecule has 4 nitrogen and oxygen atoms in total. The van der Waals surface area contributed by atoms with Gasteiger partial charge < -0.3 is 15.2 Å². The molecule has 0 saturated carbocycles. The van der Waals surface area contributed by atoms with Crippen molar-refractivity contribution in [3.8, 4) is 0 Å². The molecule has 0 aliphatic heterocycles. The van der Waals surface area contributed by atoms with E-state index in [4.69, 9.17) is 15.2 Å². The number of carbonyl (C=O) groups is 1. The van der Waals surface area contributed by atoms with Crippen molar-refractivity contribution < 1.29 is 27.4 Å². The van der Waals surface area contributed by atoms with Gasteiger partial charge in [0.15, 0.2) is 0 Å². The largest absolute Gasteiger partial charge is 0.465 e. The van der Waals surface area contributed by atoms with Crippen molar-refractivity contribution >= 4 is 5.97 Å². The number of rotatable bonds is 7. The molecule has 0 fully saturated rings. The van der Waals surface area contributed by atoms with Gasteiger partial charge in [0.1, 0.15) is 5.54 Å². The van der Waals surface area contributed by atoms with E-state index in [0.717, 1.165) is 0 Å². The van der Waals surface area contributed by atoms with E-state index in [1.165, 1.54) is 6.92 Å². The highest BCUT2D eigenvalue weighted by atomic mass is 19.4. The Morgan fingerprint density at radius 3 is 2.41 bits per heavy atom. The van der Waals surface area contributed by atoms with Crippen molar-refractivity contribution in [1.29, 1.82) is 0 Å². The third-order valence-corrected chi connectivity index (χ3v) is 1.89. The third-order valence-electron chi connectivity index (χ3n) is 1.89. The van der Waals surface area contributed by atoms with E-state index in [1.807, 2.05) is 0 Å². The highest BCUT2D eigenvalue weighted by molar-refractivity contribution is 5.80. The van der Waals surface area contributed by atoms with Crippen molar-refractivity contribution in [2.24, 2.45) is 5.73 Å². The van der Waals surface area contributed by atoms with Crippen LogP contribution in [0.3, 0.4) is 0 Å².